The molecule has 1 aliphatic heterocycles. The number of hydrogen-bond donors (Lipinski definition) is 2. The van der Waals surface area contributed by atoms with Crippen molar-refractivity contribution in [3.05, 3.63) is 100 Å². The molecule has 5 rings (SSSR count). The van der Waals surface area contributed by atoms with Crippen molar-refractivity contribution < 1.29 is 9.53 Å². The Bertz CT molecular complexity index is 1590. The number of anilines is 2. The molecule has 0 unspecified atom stereocenters. The second kappa shape index (κ2) is 11.3. The molecule has 9 heteroatoms. The van der Waals surface area contributed by atoms with Crippen molar-refractivity contribution >= 4 is 46.2 Å². The van der Waals surface area contributed by atoms with Crippen LogP contribution in [0.2, 0.25) is 5.02 Å². The maximum absolute atomic E-state index is 12.0. The minimum atomic E-state index is -0.192. The zero-order valence-electron chi connectivity index (χ0n) is 23.2. The van der Waals surface area contributed by atoms with Crippen LogP contribution < -0.4 is 20.3 Å². The molecule has 1 fully saturated rings. The normalized spacial score (nSPS) is 16.6. The Balaban J connectivity index is 1.66. The van der Waals surface area contributed by atoms with Crippen molar-refractivity contribution in [1.29, 1.82) is 0 Å². The topological polar surface area (TPSA) is 71.4 Å². The maximum Gasteiger partial charge on any atom is 0.224 e. The summed E-state index contributed by atoms with van der Waals surface area (Å²) < 4.78 is 7.86. The van der Waals surface area contributed by atoms with E-state index in [1.807, 2.05) is 62.4 Å². The molecule has 2 aromatic carbocycles. The van der Waals surface area contributed by atoms with E-state index >= 15 is 0 Å². The highest BCUT2D eigenvalue weighted by atomic mass is 35.5. The lowest BCUT2D eigenvalue weighted by Crippen LogP contribution is -2.29. The molecular weight excluding hydrogens is 542 g/mol. The molecule has 2 aromatic heterocycles. The first kappa shape index (κ1) is 27.7. The molecule has 4 aromatic rings. The van der Waals surface area contributed by atoms with Gasteiger partial charge in [0.25, 0.3) is 0 Å². The van der Waals surface area contributed by atoms with Gasteiger partial charge in [-0.3, -0.25) is 9.78 Å². The van der Waals surface area contributed by atoms with Crippen LogP contribution in [0, 0.1) is 20.8 Å². The zero-order valence-corrected chi connectivity index (χ0v) is 24.7. The van der Waals surface area contributed by atoms with Gasteiger partial charge in [-0.15, -0.1) is 0 Å². The van der Waals surface area contributed by atoms with Crippen LogP contribution in [0.25, 0.3) is 5.69 Å². The van der Waals surface area contributed by atoms with Crippen LogP contribution in [0.1, 0.15) is 53.6 Å². The number of benzene rings is 2. The summed E-state index contributed by atoms with van der Waals surface area (Å²) in [4.78, 5) is 18.9. The fourth-order valence-corrected chi connectivity index (χ4v) is 5.93. The van der Waals surface area contributed by atoms with E-state index in [1.54, 1.807) is 13.3 Å². The van der Waals surface area contributed by atoms with Gasteiger partial charge in [-0.1, -0.05) is 24.6 Å². The molecule has 0 radical (unpaired) electrons. The van der Waals surface area contributed by atoms with Gasteiger partial charge in [0, 0.05) is 40.4 Å². The summed E-state index contributed by atoms with van der Waals surface area (Å²) in [6, 6.07) is 19.4. The van der Waals surface area contributed by atoms with Crippen molar-refractivity contribution in [3.63, 3.8) is 0 Å². The standard InChI is InChI=1S/C31H32ClN5O2S/c1-6-28(38)34-24-12-11-22(15-18(24)2)37-30(29(35-31(37)40)25-9-7-8-14-33-25)23-16-19(3)36(20(23)4)26-17-21(32)10-13-27(26)39-5/h7-17,29-30H,6H2,1-5H3,(H,34,38)(H,35,40)/t29-,30+/m0/s1. The lowest BCUT2D eigenvalue weighted by atomic mass is 9.96. The maximum atomic E-state index is 12.0. The molecule has 7 nitrogen and oxygen atoms in total. The molecular formula is C31H32ClN5O2S. The second-order valence-corrected chi connectivity index (χ2v) is 10.7. The molecule has 2 atom stereocenters. The lowest BCUT2D eigenvalue weighted by Gasteiger charge is -2.29. The Morgan fingerprint density at radius 2 is 1.93 bits per heavy atom. The van der Waals surface area contributed by atoms with Crippen molar-refractivity contribution in [3.8, 4) is 11.4 Å². The molecule has 1 saturated heterocycles. The molecule has 40 heavy (non-hydrogen) atoms. The van der Waals surface area contributed by atoms with E-state index in [2.05, 4.69) is 51.1 Å². The first-order valence-electron chi connectivity index (χ1n) is 13.2. The first-order valence-corrected chi connectivity index (χ1v) is 14.0. The van der Waals surface area contributed by atoms with E-state index in [1.165, 1.54) is 0 Å². The van der Waals surface area contributed by atoms with E-state index in [4.69, 9.17) is 28.6 Å². The third kappa shape index (κ3) is 5.05. The summed E-state index contributed by atoms with van der Waals surface area (Å²) in [5, 5.41) is 7.76. The summed E-state index contributed by atoms with van der Waals surface area (Å²) in [6.07, 6.45) is 2.22. The lowest BCUT2D eigenvalue weighted by molar-refractivity contribution is -0.115. The smallest absolute Gasteiger partial charge is 0.224 e. The first-order chi connectivity index (χ1) is 19.2. The van der Waals surface area contributed by atoms with Crippen LogP contribution in [0.5, 0.6) is 5.75 Å². The molecule has 3 heterocycles. The number of carbonyl (C=O) groups is 1. The molecule has 2 N–H and O–H groups in total. The number of methoxy groups -OCH3 is 1. The quantitative estimate of drug-likeness (QED) is 0.232. The predicted molar refractivity (Wildman–Crippen MR) is 165 cm³/mol. The molecule has 206 valence electrons. The van der Waals surface area contributed by atoms with E-state index in [0.29, 0.717) is 16.6 Å². The summed E-state index contributed by atoms with van der Waals surface area (Å²) in [6.45, 7) is 8.01. The van der Waals surface area contributed by atoms with Gasteiger partial charge in [-0.05, 0) is 98.7 Å². The van der Waals surface area contributed by atoms with Gasteiger partial charge < -0.3 is 24.8 Å². The summed E-state index contributed by atoms with van der Waals surface area (Å²) >= 11 is 12.4. The Morgan fingerprint density at radius 3 is 2.60 bits per heavy atom. The minimum Gasteiger partial charge on any atom is -0.495 e. The number of nitrogens with zero attached hydrogens (tertiary/aromatic N) is 3. The Labute approximate surface area is 245 Å². The van der Waals surface area contributed by atoms with E-state index in [9.17, 15) is 4.79 Å². The molecule has 0 spiro atoms. The number of aryl methyl sites for hydroxylation is 2. The van der Waals surface area contributed by atoms with Gasteiger partial charge in [0.05, 0.1) is 30.6 Å². The SMILES string of the molecule is CCC(=O)Nc1ccc(N2C(=S)N[C@@H](c3ccccn3)[C@H]2c2cc(C)n(-c3cc(Cl)ccc3OC)c2C)cc1C. The summed E-state index contributed by atoms with van der Waals surface area (Å²) in [5.74, 6) is 0.711. The number of nitrogens with one attached hydrogen (secondary N) is 2. The zero-order chi connectivity index (χ0) is 28.6. The fraction of sp³-hybridized carbons (Fsp3) is 0.258. The van der Waals surface area contributed by atoms with E-state index < -0.39 is 0 Å². The largest absolute Gasteiger partial charge is 0.495 e. The molecule has 0 saturated carbocycles. The van der Waals surface area contributed by atoms with Crippen molar-refractivity contribution in [2.75, 3.05) is 17.3 Å². The third-order valence-corrected chi connectivity index (χ3v) is 7.90. The highest BCUT2D eigenvalue weighted by molar-refractivity contribution is 7.80. The Kier molecular flexibility index (Phi) is 7.83. The number of hydrogen-bond acceptors (Lipinski definition) is 4. The number of carbonyl (C=O) groups excluding carboxylic acids is 1. The molecule has 1 amide bonds. The van der Waals surface area contributed by atoms with Gasteiger partial charge in [-0.2, -0.15) is 0 Å². The summed E-state index contributed by atoms with van der Waals surface area (Å²) in [5.41, 5.74) is 7.63. The van der Waals surface area contributed by atoms with Crippen LogP contribution >= 0.6 is 23.8 Å². The van der Waals surface area contributed by atoms with Crippen molar-refractivity contribution in [2.24, 2.45) is 0 Å². The van der Waals surface area contributed by atoms with Gasteiger partial charge in [0.15, 0.2) is 5.11 Å². The highest BCUT2D eigenvalue weighted by Gasteiger charge is 2.42. The highest BCUT2D eigenvalue weighted by Crippen LogP contribution is 2.45. The van der Waals surface area contributed by atoms with Gasteiger partial charge in [0.1, 0.15) is 5.75 Å². The Morgan fingerprint density at radius 1 is 1.12 bits per heavy atom. The number of rotatable bonds is 7. The number of pyridine rings is 1. The van der Waals surface area contributed by atoms with Crippen LogP contribution in [0.15, 0.2) is 66.9 Å². The molecule has 0 aliphatic carbocycles. The fourth-order valence-electron chi connectivity index (χ4n) is 5.42. The van der Waals surface area contributed by atoms with Gasteiger partial charge in [-0.25, -0.2) is 0 Å². The van der Waals surface area contributed by atoms with Crippen LogP contribution in [-0.2, 0) is 4.79 Å². The van der Waals surface area contributed by atoms with Crippen LogP contribution in [-0.4, -0.2) is 27.7 Å². The van der Waals surface area contributed by atoms with Crippen molar-refractivity contribution in [1.82, 2.24) is 14.9 Å². The van der Waals surface area contributed by atoms with Crippen LogP contribution in [0.3, 0.4) is 0 Å². The monoisotopic (exact) mass is 573 g/mol. The van der Waals surface area contributed by atoms with Gasteiger partial charge >= 0.3 is 0 Å². The van der Waals surface area contributed by atoms with Gasteiger partial charge in [0.2, 0.25) is 5.91 Å². The number of ether oxygens (including phenoxy) is 1. The minimum absolute atomic E-state index is 0.0221. The number of amides is 1. The third-order valence-electron chi connectivity index (χ3n) is 7.35. The number of aromatic nitrogens is 2. The second-order valence-electron chi connectivity index (χ2n) is 9.88. The number of thiocarbonyl (C=S) groups is 1. The molecule has 1 aliphatic rings. The molecule has 0 bridgehead atoms. The average Bonchev–Trinajstić information content (AvgIpc) is 3.44. The van der Waals surface area contributed by atoms with E-state index in [0.717, 1.165) is 51.0 Å². The summed E-state index contributed by atoms with van der Waals surface area (Å²) in [7, 11) is 1.66. The predicted octanol–water partition coefficient (Wildman–Crippen LogP) is 6.99. The van der Waals surface area contributed by atoms with E-state index in [-0.39, 0.29) is 18.0 Å². The Hall–Kier alpha value is -3.88. The number of halogens is 1. The average molecular weight is 574 g/mol. The van der Waals surface area contributed by atoms with Crippen molar-refractivity contribution in [2.45, 2.75) is 46.2 Å². The van der Waals surface area contributed by atoms with Crippen LogP contribution in [0.4, 0.5) is 11.4 Å².